The van der Waals surface area contributed by atoms with Crippen LogP contribution in [0, 0.1) is 41.4 Å². The van der Waals surface area contributed by atoms with Crippen molar-refractivity contribution in [2.75, 3.05) is 6.54 Å². The van der Waals surface area contributed by atoms with E-state index < -0.39 is 95.1 Å². The average molecular weight is 836 g/mol. The van der Waals surface area contributed by atoms with Crippen LogP contribution in [0.5, 0.6) is 0 Å². The van der Waals surface area contributed by atoms with Crippen molar-refractivity contribution in [1.29, 1.82) is 0 Å². The average Bonchev–Trinajstić information content (AvgIpc) is 3.54. The Balaban J connectivity index is 1.38. The van der Waals surface area contributed by atoms with E-state index in [4.69, 9.17) is 28.4 Å². The number of aliphatic carboxylic acids is 1. The van der Waals surface area contributed by atoms with Gasteiger partial charge in [0.2, 0.25) is 5.79 Å². The van der Waals surface area contributed by atoms with Gasteiger partial charge in [-0.3, -0.25) is 9.59 Å². The van der Waals surface area contributed by atoms with Gasteiger partial charge in [-0.2, -0.15) is 0 Å². The molecule has 59 heavy (non-hydrogen) atoms. The highest BCUT2D eigenvalue weighted by molar-refractivity contribution is 5.84. The molecule has 18 atom stereocenters. The van der Waals surface area contributed by atoms with Crippen LogP contribution in [0.3, 0.4) is 0 Å². The van der Waals surface area contributed by atoms with Crippen molar-refractivity contribution >= 4 is 17.8 Å². The fraction of sp³-hybridized carbons (Fsp3) is 0.891. The Labute approximate surface area is 353 Å². The fourth-order valence-corrected chi connectivity index (χ4v) is 11.0. The molecule has 5 aliphatic rings. The van der Waals surface area contributed by atoms with E-state index >= 15 is 0 Å². The summed E-state index contributed by atoms with van der Waals surface area (Å²) < 4.78 is 40.3. The number of amides is 1. The van der Waals surface area contributed by atoms with Crippen LogP contribution in [0.4, 0.5) is 4.79 Å². The zero-order valence-corrected chi connectivity index (χ0v) is 37.7. The Morgan fingerprint density at radius 1 is 0.898 bits per heavy atom. The summed E-state index contributed by atoms with van der Waals surface area (Å²) in [5.74, 6) is -6.15. The fourth-order valence-electron chi connectivity index (χ4n) is 11.0. The highest BCUT2D eigenvalue weighted by Gasteiger charge is 2.64. The van der Waals surface area contributed by atoms with Gasteiger partial charge in [0.15, 0.2) is 11.9 Å². The summed E-state index contributed by atoms with van der Waals surface area (Å²) in [7, 11) is 0. The number of carboxylic acids is 1. The van der Waals surface area contributed by atoms with Crippen LogP contribution in [0.1, 0.15) is 147 Å². The molecular formula is C46H77NO12. The molecule has 5 heterocycles. The van der Waals surface area contributed by atoms with Gasteiger partial charge < -0.3 is 49.1 Å². The molecule has 5 aliphatic heterocycles. The molecule has 0 aromatic heterocycles. The second-order valence-corrected chi connectivity index (χ2v) is 19.2. The molecule has 0 unspecified atom stereocenters. The Kier molecular flexibility index (Phi) is 15.5. The Hall–Kier alpha value is -2.13. The first-order valence-electron chi connectivity index (χ1n) is 22.9. The number of nitrogens with one attached hydrogen (secondary N) is 1. The summed E-state index contributed by atoms with van der Waals surface area (Å²) in [6, 6.07) is 0. The van der Waals surface area contributed by atoms with Crippen LogP contribution in [0.2, 0.25) is 0 Å². The maximum absolute atomic E-state index is 14.6. The molecule has 0 aromatic carbocycles. The number of aliphatic hydroxyl groups is 2. The van der Waals surface area contributed by atoms with Crippen LogP contribution >= 0.6 is 0 Å². The first kappa shape index (κ1) is 47.9. The second-order valence-electron chi connectivity index (χ2n) is 19.2. The second kappa shape index (κ2) is 19.1. The number of hydrogen-bond donors (Lipinski definition) is 4. The summed E-state index contributed by atoms with van der Waals surface area (Å²) in [5, 5.41) is 35.6. The Morgan fingerprint density at radius 3 is 2.20 bits per heavy atom. The SMILES string of the molecule is CCCNC(=O)O[C@@H]1C=C[C@]2(O[C@H]([C@@H](CC)C(=O)[C@@H](C)[C@@H](O)[C@H](C)[C@@H]3O[C@@H]([C@@H](CC)C(=O)O)CC[C@@H]3C)[C@@H](C)C[C@H]2C)O[C@@]12CC[C@@](C)([C@H]1CC[C@](O)(CC)[C@H](C)O1)O2. The first-order valence-corrected chi connectivity index (χ1v) is 22.9. The molecular weight excluding hydrogens is 759 g/mol. The summed E-state index contributed by atoms with van der Waals surface area (Å²) in [4.78, 5) is 39.7. The number of ketones is 1. The minimum atomic E-state index is -1.42. The van der Waals surface area contributed by atoms with Crippen LogP contribution in [-0.2, 0) is 38.0 Å². The number of alkyl carbamates (subject to hydrolysis) is 1. The van der Waals surface area contributed by atoms with Gasteiger partial charge >= 0.3 is 12.1 Å². The van der Waals surface area contributed by atoms with Crippen LogP contribution < -0.4 is 5.32 Å². The summed E-state index contributed by atoms with van der Waals surface area (Å²) in [6.07, 6.45) is 5.47. The highest BCUT2D eigenvalue weighted by Crippen LogP contribution is 2.54. The molecule has 4 N–H and O–H groups in total. The molecule has 0 bridgehead atoms. The minimum Gasteiger partial charge on any atom is -0.481 e. The standard InChI is InChI=1S/C46H77NO12/c1-12-24-47-42(52)56-36-19-21-45(59-46(36)23-22-43(11,58-46)35-18-20-44(53,15-4)31(10)54-35)28(7)25-27(6)40(57-45)33(14-3)38(49)29(8)37(48)30(9)39-26(5)16-17-34(55-39)32(13-2)41(50)51/h19,21,26-37,39-40,48,53H,12-18,20,22-25H2,1-11H3,(H,47,52)(H,50,51)/t26-,27-,28+,29-,30-,31-,32+,33-,34+,35+,36+,37+,39+,40-,43-,44+,45-,46-/m0/s1. The van der Waals surface area contributed by atoms with E-state index in [1.807, 2.05) is 60.6 Å². The van der Waals surface area contributed by atoms with Gasteiger partial charge in [-0.05, 0) is 102 Å². The lowest BCUT2D eigenvalue weighted by molar-refractivity contribution is -0.408. The number of carbonyl (C=O) groups is 3. The predicted molar refractivity (Wildman–Crippen MR) is 221 cm³/mol. The lowest BCUT2D eigenvalue weighted by Crippen LogP contribution is -2.63. The van der Waals surface area contributed by atoms with Gasteiger partial charge in [0, 0.05) is 36.6 Å². The highest BCUT2D eigenvalue weighted by atomic mass is 16.8. The number of Topliss-reactive ketones (excluding diaryl/α,β-unsaturated/α-hetero) is 1. The molecule has 0 saturated carbocycles. The third kappa shape index (κ3) is 9.61. The molecule has 13 nitrogen and oxygen atoms in total. The van der Waals surface area contributed by atoms with E-state index in [9.17, 15) is 29.7 Å². The van der Waals surface area contributed by atoms with Gasteiger partial charge in [0.05, 0.1) is 53.7 Å². The third-order valence-electron chi connectivity index (χ3n) is 15.2. The molecule has 0 aliphatic carbocycles. The van der Waals surface area contributed by atoms with E-state index in [-0.39, 0.29) is 29.6 Å². The van der Waals surface area contributed by atoms with Crippen LogP contribution in [0.15, 0.2) is 12.2 Å². The van der Waals surface area contributed by atoms with E-state index in [0.717, 1.165) is 12.8 Å². The van der Waals surface area contributed by atoms with Gasteiger partial charge in [-0.15, -0.1) is 0 Å². The molecule has 13 heteroatoms. The van der Waals surface area contributed by atoms with E-state index in [2.05, 4.69) is 26.1 Å². The lowest BCUT2D eigenvalue weighted by atomic mass is 9.72. The Bertz CT molecular complexity index is 1490. The van der Waals surface area contributed by atoms with Crippen molar-refractivity contribution in [2.24, 2.45) is 41.4 Å². The topological polar surface area (TPSA) is 179 Å². The number of hydrogen-bond acceptors (Lipinski definition) is 11. The monoisotopic (exact) mass is 836 g/mol. The number of carboxylic acid groups (broad SMARTS) is 1. The Morgan fingerprint density at radius 2 is 1.59 bits per heavy atom. The number of carbonyl (C=O) groups excluding carboxylic acids is 2. The predicted octanol–water partition coefficient (Wildman–Crippen LogP) is 7.33. The van der Waals surface area contributed by atoms with Crippen LogP contribution in [-0.4, -0.2) is 105 Å². The van der Waals surface area contributed by atoms with E-state index in [1.165, 1.54) is 0 Å². The molecule has 338 valence electrons. The molecule has 4 saturated heterocycles. The van der Waals surface area contributed by atoms with Crippen molar-refractivity contribution in [2.45, 2.75) is 212 Å². The summed E-state index contributed by atoms with van der Waals surface area (Å²) >= 11 is 0. The largest absolute Gasteiger partial charge is 0.481 e. The number of rotatable bonds is 15. The zero-order valence-electron chi connectivity index (χ0n) is 37.7. The van der Waals surface area contributed by atoms with Crippen molar-refractivity contribution < 1.29 is 58.1 Å². The molecule has 0 aromatic rings. The number of ether oxygens (including phenoxy) is 6. The molecule has 1 amide bonds. The van der Waals surface area contributed by atoms with Gasteiger partial charge in [0.25, 0.3) is 0 Å². The summed E-state index contributed by atoms with van der Waals surface area (Å²) in [5.41, 5.74) is -1.74. The van der Waals surface area contributed by atoms with Crippen molar-refractivity contribution in [1.82, 2.24) is 5.32 Å². The van der Waals surface area contributed by atoms with Gasteiger partial charge in [-0.1, -0.05) is 62.3 Å². The van der Waals surface area contributed by atoms with Crippen molar-refractivity contribution in [3.05, 3.63) is 12.2 Å². The van der Waals surface area contributed by atoms with Crippen molar-refractivity contribution in [3.63, 3.8) is 0 Å². The zero-order chi connectivity index (χ0) is 43.7. The quantitative estimate of drug-likeness (QED) is 0.121. The normalized spacial score (nSPS) is 42.5. The maximum Gasteiger partial charge on any atom is 0.407 e. The van der Waals surface area contributed by atoms with Gasteiger partial charge in [0.1, 0.15) is 5.78 Å². The molecule has 5 rings (SSSR count). The van der Waals surface area contributed by atoms with Crippen molar-refractivity contribution in [3.8, 4) is 0 Å². The summed E-state index contributed by atoms with van der Waals surface area (Å²) in [6.45, 7) is 22.0. The maximum atomic E-state index is 14.6. The van der Waals surface area contributed by atoms with E-state index in [0.29, 0.717) is 64.3 Å². The first-order chi connectivity index (χ1) is 27.7. The third-order valence-corrected chi connectivity index (χ3v) is 15.2. The van der Waals surface area contributed by atoms with Crippen LogP contribution in [0.25, 0.3) is 0 Å². The van der Waals surface area contributed by atoms with Gasteiger partial charge in [-0.25, -0.2) is 4.79 Å². The minimum absolute atomic E-state index is 0.0262. The molecule has 0 radical (unpaired) electrons. The molecule has 4 fully saturated rings. The molecule has 2 spiro atoms. The number of aliphatic hydroxyl groups excluding tert-OH is 1. The van der Waals surface area contributed by atoms with E-state index in [1.54, 1.807) is 6.92 Å². The lowest BCUT2D eigenvalue weighted by Gasteiger charge is -2.54. The smallest absolute Gasteiger partial charge is 0.407 e.